The molecule has 6 heteroatoms. The van der Waals surface area contributed by atoms with Crippen LogP contribution in [-0.2, 0) is 16.0 Å². The van der Waals surface area contributed by atoms with Gasteiger partial charge in [-0.15, -0.1) is 11.3 Å². The van der Waals surface area contributed by atoms with Crippen LogP contribution in [0.3, 0.4) is 0 Å². The second-order valence-electron chi connectivity index (χ2n) is 4.54. The lowest BCUT2D eigenvalue weighted by Gasteiger charge is -2.32. The highest BCUT2D eigenvalue weighted by atomic mass is 32.1. The Bertz CT molecular complexity index is 425. The number of aromatic nitrogens is 1. The monoisotopic (exact) mass is 269 g/mol. The zero-order valence-electron chi connectivity index (χ0n) is 11.1. The van der Waals surface area contributed by atoms with Crippen molar-refractivity contribution in [2.45, 2.75) is 13.3 Å². The van der Waals surface area contributed by atoms with Gasteiger partial charge in [-0.1, -0.05) is 0 Å². The van der Waals surface area contributed by atoms with E-state index >= 15 is 0 Å². The molecular weight excluding hydrogens is 250 g/mol. The highest BCUT2D eigenvalue weighted by Gasteiger charge is 2.19. The van der Waals surface area contributed by atoms with E-state index in [1.54, 1.807) is 11.3 Å². The van der Waals surface area contributed by atoms with Crippen molar-refractivity contribution in [3.05, 3.63) is 10.6 Å². The van der Waals surface area contributed by atoms with Crippen LogP contribution < -0.4 is 4.90 Å². The Kier molecular flexibility index (Phi) is 4.19. The summed E-state index contributed by atoms with van der Waals surface area (Å²) in [4.78, 5) is 21.6. The number of rotatable bonds is 3. The minimum atomic E-state index is -0.228. The number of carbonyl (C=O) groups excluding carboxylic acids is 1. The molecule has 0 saturated carbocycles. The van der Waals surface area contributed by atoms with Crippen molar-refractivity contribution < 1.29 is 9.53 Å². The van der Waals surface area contributed by atoms with Crippen LogP contribution in [0.2, 0.25) is 0 Å². The third-order valence-electron chi connectivity index (χ3n) is 3.19. The minimum absolute atomic E-state index is 0.228. The molecule has 0 bridgehead atoms. The summed E-state index contributed by atoms with van der Waals surface area (Å²) >= 11 is 1.66. The van der Waals surface area contributed by atoms with Gasteiger partial charge in [-0.05, 0) is 14.0 Å². The first-order valence-corrected chi connectivity index (χ1v) is 6.88. The number of nitrogens with zero attached hydrogens (tertiary/aromatic N) is 3. The van der Waals surface area contributed by atoms with E-state index in [1.807, 2.05) is 6.92 Å². The molecular formula is C12H19N3O2S. The first kappa shape index (κ1) is 13.3. The molecule has 2 rings (SSSR count). The Balaban J connectivity index is 2.06. The van der Waals surface area contributed by atoms with E-state index in [0.29, 0.717) is 0 Å². The van der Waals surface area contributed by atoms with Gasteiger partial charge >= 0.3 is 5.97 Å². The van der Waals surface area contributed by atoms with Crippen molar-refractivity contribution in [1.29, 1.82) is 0 Å². The first-order valence-electron chi connectivity index (χ1n) is 6.06. The molecule has 1 fully saturated rings. The fourth-order valence-electron chi connectivity index (χ4n) is 1.92. The van der Waals surface area contributed by atoms with Gasteiger partial charge in [0.2, 0.25) is 0 Å². The quantitative estimate of drug-likeness (QED) is 0.764. The number of carbonyl (C=O) groups is 1. The summed E-state index contributed by atoms with van der Waals surface area (Å²) in [6, 6.07) is 0. The standard InChI is InChI=1S/C12H19N3O2S/c1-9-10(8-11(16)17-3)13-12(18-9)15-6-4-14(2)5-7-15/h4-8H2,1-3H3. The van der Waals surface area contributed by atoms with Crippen molar-refractivity contribution >= 4 is 22.4 Å². The molecule has 0 N–H and O–H groups in total. The van der Waals surface area contributed by atoms with Gasteiger partial charge < -0.3 is 14.5 Å². The van der Waals surface area contributed by atoms with Crippen molar-refractivity contribution in [2.75, 3.05) is 45.2 Å². The molecule has 0 aromatic carbocycles. The highest BCUT2D eigenvalue weighted by molar-refractivity contribution is 7.15. The third-order valence-corrected chi connectivity index (χ3v) is 4.27. The van der Waals surface area contributed by atoms with Gasteiger partial charge in [0.15, 0.2) is 5.13 Å². The van der Waals surface area contributed by atoms with Crippen LogP contribution in [0.1, 0.15) is 10.6 Å². The molecule has 1 aromatic heterocycles. The van der Waals surface area contributed by atoms with Gasteiger partial charge in [0, 0.05) is 31.1 Å². The van der Waals surface area contributed by atoms with Gasteiger partial charge in [0.25, 0.3) is 0 Å². The summed E-state index contributed by atoms with van der Waals surface area (Å²) in [7, 11) is 3.54. The van der Waals surface area contributed by atoms with Gasteiger partial charge in [-0.3, -0.25) is 4.79 Å². The normalized spacial score (nSPS) is 16.9. The molecule has 18 heavy (non-hydrogen) atoms. The molecule has 5 nitrogen and oxygen atoms in total. The fourth-order valence-corrected chi connectivity index (χ4v) is 2.90. The van der Waals surface area contributed by atoms with Crippen molar-refractivity contribution in [3.63, 3.8) is 0 Å². The highest BCUT2D eigenvalue weighted by Crippen LogP contribution is 2.26. The summed E-state index contributed by atoms with van der Waals surface area (Å²) in [5.74, 6) is -0.228. The maximum absolute atomic E-state index is 11.3. The molecule has 0 radical (unpaired) electrons. The number of hydrogen-bond donors (Lipinski definition) is 0. The zero-order valence-corrected chi connectivity index (χ0v) is 11.9. The molecule has 0 atom stereocenters. The summed E-state index contributed by atoms with van der Waals surface area (Å²) in [5, 5.41) is 1.03. The second-order valence-corrected chi connectivity index (χ2v) is 5.72. The average Bonchev–Trinajstić information content (AvgIpc) is 2.71. The minimum Gasteiger partial charge on any atom is -0.469 e. The SMILES string of the molecule is COC(=O)Cc1nc(N2CCN(C)CC2)sc1C. The van der Waals surface area contributed by atoms with E-state index in [9.17, 15) is 4.79 Å². The number of anilines is 1. The molecule has 0 unspecified atom stereocenters. The Morgan fingerprint density at radius 2 is 2.06 bits per heavy atom. The van der Waals surface area contributed by atoms with Gasteiger partial charge in [-0.2, -0.15) is 0 Å². The summed E-state index contributed by atoms with van der Waals surface area (Å²) in [5.41, 5.74) is 0.848. The average molecular weight is 269 g/mol. The van der Waals surface area contributed by atoms with Crippen LogP contribution in [0, 0.1) is 6.92 Å². The topological polar surface area (TPSA) is 45.7 Å². The lowest BCUT2D eigenvalue weighted by Crippen LogP contribution is -2.44. The predicted octanol–water partition coefficient (Wildman–Crippen LogP) is 0.919. The van der Waals surface area contributed by atoms with E-state index in [1.165, 1.54) is 7.11 Å². The number of esters is 1. The molecule has 1 saturated heterocycles. The second kappa shape index (κ2) is 5.67. The van der Waals surface area contributed by atoms with E-state index in [-0.39, 0.29) is 12.4 Å². The molecule has 1 aliphatic heterocycles. The van der Waals surface area contributed by atoms with Crippen molar-refractivity contribution in [1.82, 2.24) is 9.88 Å². The largest absolute Gasteiger partial charge is 0.469 e. The number of thiazole rings is 1. The lowest BCUT2D eigenvalue weighted by atomic mass is 10.3. The van der Waals surface area contributed by atoms with Crippen LogP contribution in [-0.4, -0.2) is 56.2 Å². The van der Waals surface area contributed by atoms with Crippen LogP contribution in [0.5, 0.6) is 0 Å². The number of methoxy groups -OCH3 is 1. The first-order chi connectivity index (χ1) is 8.60. The number of aryl methyl sites for hydroxylation is 1. The Labute approximate surface area is 111 Å². The van der Waals surface area contributed by atoms with Crippen molar-refractivity contribution in [3.8, 4) is 0 Å². The van der Waals surface area contributed by atoms with Crippen LogP contribution in [0.4, 0.5) is 5.13 Å². The predicted molar refractivity (Wildman–Crippen MR) is 72.3 cm³/mol. The van der Waals surface area contributed by atoms with Crippen molar-refractivity contribution in [2.24, 2.45) is 0 Å². The fraction of sp³-hybridized carbons (Fsp3) is 0.667. The maximum atomic E-state index is 11.3. The molecule has 2 heterocycles. The molecule has 0 spiro atoms. The van der Waals surface area contributed by atoms with Gasteiger partial charge in [-0.25, -0.2) is 4.98 Å². The Hall–Kier alpha value is -1.14. The molecule has 0 aliphatic carbocycles. The maximum Gasteiger partial charge on any atom is 0.311 e. The van der Waals surface area contributed by atoms with Crippen LogP contribution in [0.15, 0.2) is 0 Å². The van der Waals surface area contributed by atoms with Crippen LogP contribution in [0.25, 0.3) is 0 Å². The van der Waals surface area contributed by atoms with E-state index in [0.717, 1.165) is 41.9 Å². The van der Waals surface area contributed by atoms with E-state index in [2.05, 4.69) is 26.6 Å². The molecule has 100 valence electrons. The number of likely N-dealkylation sites (N-methyl/N-ethyl adjacent to an activating group) is 1. The summed E-state index contributed by atoms with van der Waals surface area (Å²) in [6.45, 7) is 6.13. The number of piperazine rings is 1. The number of ether oxygens (including phenoxy) is 1. The van der Waals surface area contributed by atoms with E-state index in [4.69, 9.17) is 0 Å². The Morgan fingerprint density at radius 1 is 1.39 bits per heavy atom. The van der Waals surface area contributed by atoms with Crippen LogP contribution >= 0.6 is 11.3 Å². The summed E-state index contributed by atoms with van der Waals surface area (Å²) < 4.78 is 4.68. The number of hydrogen-bond acceptors (Lipinski definition) is 6. The molecule has 1 aromatic rings. The van der Waals surface area contributed by atoms with Gasteiger partial charge in [0.1, 0.15) is 0 Å². The molecule has 0 amide bonds. The van der Waals surface area contributed by atoms with Gasteiger partial charge in [0.05, 0.1) is 19.2 Å². The molecule has 1 aliphatic rings. The third kappa shape index (κ3) is 3.00. The lowest BCUT2D eigenvalue weighted by molar-refractivity contribution is -0.139. The smallest absolute Gasteiger partial charge is 0.311 e. The van der Waals surface area contributed by atoms with E-state index < -0.39 is 0 Å². The Morgan fingerprint density at radius 3 is 2.67 bits per heavy atom. The zero-order chi connectivity index (χ0) is 13.1. The summed E-state index contributed by atoms with van der Waals surface area (Å²) in [6.07, 6.45) is 0.270.